The van der Waals surface area contributed by atoms with Crippen molar-refractivity contribution < 1.29 is 29.3 Å². The van der Waals surface area contributed by atoms with E-state index in [1.807, 2.05) is 41.5 Å². The minimum absolute atomic E-state index is 0. The normalized spacial score (nSPS) is 32.2. The number of hydrogen-bond acceptors (Lipinski definition) is 6. The Bertz CT molecular complexity index is 819. The lowest BCUT2D eigenvalue weighted by atomic mass is 9.50. The van der Waals surface area contributed by atoms with Gasteiger partial charge in [0.05, 0.1) is 22.0 Å². The number of carbonyl (C=O) groups is 2. The molecule has 0 amide bonds. The average Bonchev–Trinajstić information content (AvgIpc) is 2.77. The summed E-state index contributed by atoms with van der Waals surface area (Å²) in [5, 5.41) is 21.3. The van der Waals surface area contributed by atoms with Gasteiger partial charge in [0.25, 0.3) is 0 Å². The number of hydrogen-bond donors (Lipinski definition) is 2. The molecule has 5 aliphatic rings. The van der Waals surface area contributed by atoms with Gasteiger partial charge in [-0.25, -0.2) is 0 Å². The van der Waals surface area contributed by atoms with Gasteiger partial charge in [-0.1, -0.05) is 48.0 Å². The van der Waals surface area contributed by atoms with Crippen LogP contribution in [0, 0.1) is 22.7 Å². The standard InChI is InChI=1S/C16H26O4.C15H28O2.2CH4/c1-4-13(2,3)12(17)20-16-7-11-5-14(18,9-16)8-15(19,6-11)10-16;1-6-14(2,3)13(16)17-15(4,5)12-10-8-7-9-11-12;;/h11,18-19H,4-10H2,1-3H3;12H,6-11H2,1-5H3;2*1H4. The van der Waals surface area contributed by atoms with Crippen LogP contribution in [0.4, 0.5) is 0 Å². The molecule has 6 nitrogen and oxygen atoms in total. The molecule has 0 aliphatic heterocycles. The van der Waals surface area contributed by atoms with Crippen LogP contribution >= 0.6 is 0 Å². The van der Waals surface area contributed by atoms with Gasteiger partial charge in [-0.05, 0) is 98.3 Å². The van der Waals surface area contributed by atoms with E-state index < -0.39 is 22.2 Å². The summed E-state index contributed by atoms with van der Waals surface area (Å²) >= 11 is 0. The highest BCUT2D eigenvalue weighted by Gasteiger charge is 2.64. The van der Waals surface area contributed by atoms with Gasteiger partial charge in [0, 0.05) is 19.3 Å². The molecule has 0 aromatic rings. The molecule has 39 heavy (non-hydrogen) atoms. The van der Waals surface area contributed by atoms with Crippen LogP contribution in [0.25, 0.3) is 0 Å². The quantitative estimate of drug-likeness (QED) is 0.312. The minimum Gasteiger partial charge on any atom is -0.459 e. The summed E-state index contributed by atoms with van der Waals surface area (Å²) in [5.41, 5.74) is -3.49. The van der Waals surface area contributed by atoms with E-state index in [4.69, 9.17) is 9.47 Å². The molecule has 5 fully saturated rings. The molecule has 5 rings (SSSR count). The highest BCUT2D eigenvalue weighted by molar-refractivity contribution is 5.76. The van der Waals surface area contributed by atoms with Gasteiger partial charge in [-0.3, -0.25) is 9.59 Å². The molecule has 230 valence electrons. The molecule has 6 heteroatoms. The second-order valence-electron chi connectivity index (χ2n) is 14.8. The van der Waals surface area contributed by atoms with Crippen molar-refractivity contribution in [3.63, 3.8) is 0 Å². The molecule has 2 N–H and O–H groups in total. The van der Waals surface area contributed by atoms with Crippen LogP contribution in [0.15, 0.2) is 0 Å². The Morgan fingerprint density at radius 1 is 0.744 bits per heavy atom. The molecular formula is C33H62O6. The molecule has 0 saturated heterocycles. The lowest BCUT2D eigenvalue weighted by molar-refractivity contribution is -0.264. The third-order valence-electron chi connectivity index (χ3n) is 10.1. The zero-order valence-corrected chi connectivity index (χ0v) is 24.9. The molecule has 5 aliphatic carbocycles. The second kappa shape index (κ2) is 12.4. The third-order valence-corrected chi connectivity index (χ3v) is 10.1. The van der Waals surface area contributed by atoms with Crippen LogP contribution in [0.2, 0.25) is 0 Å². The highest BCUT2D eigenvalue weighted by atomic mass is 16.6. The van der Waals surface area contributed by atoms with Crippen LogP contribution in [0.1, 0.15) is 154 Å². The summed E-state index contributed by atoms with van der Waals surface area (Å²) in [5.74, 6) is 0.566. The first-order valence-electron chi connectivity index (χ1n) is 14.8. The predicted molar refractivity (Wildman–Crippen MR) is 158 cm³/mol. The Hall–Kier alpha value is -1.14. The van der Waals surface area contributed by atoms with Gasteiger partial charge >= 0.3 is 11.9 Å². The van der Waals surface area contributed by atoms with Gasteiger partial charge in [0.1, 0.15) is 11.2 Å². The lowest BCUT2D eigenvalue weighted by Crippen LogP contribution is -2.67. The zero-order valence-electron chi connectivity index (χ0n) is 24.9. The minimum atomic E-state index is -0.842. The second-order valence-corrected chi connectivity index (χ2v) is 14.8. The Morgan fingerprint density at radius 3 is 1.64 bits per heavy atom. The summed E-state index contributed by atoms with van der Waals surface area (Å²) in [6.45, 7) is 15.9. The van der Waals surface area contributed by atoms with Crippen molar-refractivity contribution in [3.8, 4) is 0 Å². The molecule has 4 bridgehead atoms. The van der Waals surface area contributed by atoms with Crippen molar-refractivity contribution in [2.75, 3.05) is 0 Å². The molecule has 0 aromatic carbocycles. The number of ether oxygens (including phenoxy) is 2. The van der Waals surface area contributed by atoms with Gasteiger partial charge in [-0.2, -0.15) is 0 Å². The summed E-state index contributed by atoms with van der Waals surface area (Å²) in [6.07, 6.45) is 11.5. The van der Waals surface area contributed by atoms with E-state index in [0.717, 1.165) is 32.1 Å². The van der Waals surface area contributed by atoms with Gasteiger partial charge in [0.2, 0.25) is 0 Å². The fourth-order valence-corrected chi connectivity index (χ4v) is 7.25. The van der Waals surface area contributed by atoms with E-state index in [9.17, 15) is 19.8 Å². The molecule has 0 spiro atoms. The van der Waals surface area contributed by atoms with Crippen LogP contribution < -0.4 is 0 Å². The summed E-state index contributed by atoms with van der Waals surface area (Å²) in [4.78, 5) is 24.5. The van der Waals surface area contributed by atoms with E-state index >= 15 is 0 Å². The van der Waals surface area contributed by atoms with Gasteiger partial charge in [-0.15, -0.1) is 0 Å². The van der Waals surface area contributed by atoms with Crippen LogP contribution in [-0.4, -0.2) is 44.6 Å². The van der Waals surface area contributed by atoms with Gasteiger partial charge in [0.15, 0.2) is 0 Å². The van der Waals surface area contributed by atoms with Crippen molar-refractivity contribution >= 4 is 11.9 Å². The van der Waals surface area contributed by atoms with Gasteiger partial charge < -0.3 is 19.7 Å². The van der Waals surface area contributed by atoms with E-state index in [1.54, 1.807) is 0 Å². The fourth-order valence-electron chi connectivity index (χ4n) is 7.25. The Kier molecular flexibility index (Phi) is 11.4. The first-order chi connectivity index (χ1) is 16.9. The largest absolute Gasteiger partial charge is 0.459 e. The summed E-state index contributed by atoms with van der Waals surface area (Å²) in [7, 11) is 0. The summed E-state index contributed by atoms with van der Waals surface area (Å²) < 4.78 is 11.7. The van der Waals surface area contributed by atoms with Crippen LogP contribution in [-0.2, 0) is 19.1 Å². The van der Waals surface area contributed by atoms with Crippen molar-refractivity contribution in [1.82, 2.24) is 0 Å². The number of carbonyl (C=O) groups excluding carboxylic acids is 2. The molecule has 2 unspecified atom stereocenters. The van der Waals surface area contributed by atoms with E-state index in [0.29, 0.717) is 25.2 Å². The van der Waals surface area contributed by atoms with Crippen LogP contribution in [0.5, 0.6) is 0 Å². The SMILES string of the molecule is C.C.CCC(C)(C)C(=O)OC(C)(C)C1CCCCC1.CCC(C)(C)C(=O)OC12CC3CC(O)(CC(O)(C3)C1)C2. The lowest BCUT2D eigenvalue weighted by Gasteiger charge is -2.62. The average molecular weight is 555 g/mol. The molecule has 0 heterocycles. The maximum absolute atomic E-state index is 12.4. The van der Waals surface area contributed by atoms with Crippen molar-refractivity contribution in [3.05, 3.63) is 0 Å². The molecule has 0 radical (unpaired) electrons. The maximum atomic E-state index is 12.4. The van der Waals surface area contributed by atoms with Crippen molar-refractivity contribution in [2.45, 2.75) is 176 Å². The summed E-state index contributed by atoms with van der Waals surface area (Å²) in [6, 6.07) is 0. The first kappa shape index (κ1) is 35.9. The number of esters is 2. The topological polar surface area (TPSA) is 93.1 Å². The molecule has 5 saturated carbocycles. The van der Waals surface area contributed by atoms with E-state index in [-0.39, 0.29) is 43.7 Å². The first-order valence-corrected chi connectivity index (χ1v) is 14.8. The fraction of sp³-hybridized carbons (Fsp3) is 0.939. The Balaban J connectivity index is 0.000000376. The number of aliphatic hydroxyl groups is 2. The zero-order chi connectivity index (χ0) is 27.9. The monoisotopic (exact) mass is 554 g/mol. The van der Waals surface area contributed by atoms with Crippen molar-refractivity contribution in [2.24, 2.45) is 22.7 Å². The van der Waals surface area contributed by atoms with E-state index in [2.05, 4.69) is 13.8 Å². The molecule has 2 atom stereocenters. The van der Waals surface area contributed by atoms with Crippen molar-refractivity contribution in [1.29, 1.82) is 0 Å². The van der Waals surface area contributed by atoms with E-state index in [1.165, 1.54) is 32.1 Å². The van der Waals surface area contributed by atoms with Crippen LogP contribution in [0.3, 0.4) is 0 Å². The smallest absolute Gasteiger partial charge is 0.312 e. The predicted octanol–water partition coefficient (Wildman–Crippen LogP) is 7.76. The molecule has 0 aromatic heterocycles. The highest BCUT2D eigenvalue weighted by Crippen LogP contribution is 2.60. The maximum Gasteiger partial charge on any atom is 0.312 e. The number of rotatable bonds is 7. The molecular weight excluding hydrogens is 492 g/mol. The Labute approximate surface area is 240 Å². The third kappa shape index (κ3) is 8.21. The Morgan fingerprint density at radius 2 is 1.21 bits per heavy atom.